The minimum atomic E-state index is -1.19. The Labute approximate surface area is 161 Å². The van der Waals surface area contributed by atoms with Crippen LogP contribution in [0.15, 0.2) is 22.3 Å². The van der Waals surface area contributed by atoms with E-state index in [9.17, 15) is 19.5 Å². The molecule has 3 heterocycles. The van der Waals surface area contributed by atoms with Crippen LogP contribution in [0.1, 0.15) is 5.69 Å². The third-order valence-electron chi connectivity index (χ3n) is 3.64. The summed E-state index contributed by atoms with van der Waals surface area (Å²) in [5.74, 6) is 0.209. The Morgan fingerprint density at radius 3 is 3.00 bits per heavy atom. The number of carbonyl (C=O) groups is 3. The fraction of sp³-hybridized carbons (Fsp3) is 0.267. The second-order valence-electron chi connectivity index (χ2n) is 5.27. The number of carbonyl (C=O) groups excluding carboxylic acids is 2. The average Bonchev–Trinajstić information content (AvgIpc) is 3.08. The Kier molecular flexibility index (Phi) is 5.33. The van der Waals surface area contributed by atoms with E-state index in [-0.39, 0.29) is 28.8 Å². The third-order valence-corrected chi connectivity index (χ3v) is 5.49. The number of β-lactam (4-membered cyclic amide) rings is 1. The van der Waals surface area contributed by atoms with Crippen LogP contribution in [0.3, 0.4) is 0 Å². The predicted molar refractivity (Wildman–Crippen MR) is 98.6 cm³/mol. The standard InChI is InChI=1S/C15H13N5O5S2/c1-2-4-25-19-9(7-6-27-15(16)17-7)11(21)18-10-12(22)20-8(14(23)24)3-5-26-13(10)20/h1,3,6,10,13H,4-5H2,(H2,16,17)(H,18,21)(H,23,24)/t10?,13-/m0/s1. The number of hydrogen-bond acceptors (Lipinski definition) is 9. The number of nitrogens with one attached hydrogen (secondary N) is 1. The second kappa shape index (κ2) is 7.68. The van der Waals surface area contributed by atoms with Gasteiger partial charge < -0.3 is 21.0 Å². The van der Waals surface area contributed by atoms with Crippen LogP contribution in [0.5, 0.6) is 0 Å². The van der Waals surface area contributed by atoms with E-state index in [0.29, 0.717) is 5.75 Å². The van der Waals surface area contributed by atoms with Crippen molar-refractivity contribution in [1.82, 2.24) is 15.2 Å². The number of oxime groups is 1. The van der Waals surface area contributed by atoms with Crippen molar-refractivity contribution in [2.45, 2.75) is 11.4 Å². The first-order valence-electron chi connectivity index (χ1n) is 7.47. The van der Waals surface area contributed by atoms with Crippen molar-refractivity contribution in [3.8, 4) is 12.3 Å². The van der Waals surface area contributed by atoms with Gasteiger partial charge in [-0.2, -0.15) is 0 Å². The van der Waals surface area contributed by atoms with Gasteiger partial charge in [0, 0.05) is 11.1 Å². The van der Waals surface area contributed by atoms with Crippen LogP contribution in [0.2, 0.25) is 0 Å². The number of rotatable bonds is 6. The highest BCUT2D eigenvalue weighted by Gasteiger charge is 2.53. The predicted octanol–water partition coefficient (Wildman–Crippen LogP) is -0.552. The van der Waals surface area contributed by atoms with Crippen molar-refractivity contribution in [2.24, 2.45) is 5.16 Å². The molecule has 27 heavy (non-hydrogen) atoms. The summed E-state index contributed by atoms with van der Waals surface area (Å²) in [5, 5.41) is 16.7. The number of hydrogen-bond donors (Lipinski definition) is 3. The van der Waals surface area contributed by atoms with E-state index in [4.69, 9.17) is 17.0 Å². The molecule has 0 spiro atoms. The monoisotopic (exact) mass is 407 g/mol. The number of anilines is 1. The molecule has 2 aliphatic rings. The van der Waals surface area contributed by atoms with Gasteiger partial charge in [0.25, 0.3) is 11.8 Å². The molecule has 1 unspecified atom stereocenters. The lowest BCUT2D eigenvalue weighted by Gasteiger charge is -2.48. The van der Waals surface area contributed by atoms with Crippen LogP contribution in [0.4, 0.5) is 5.13 Å². The molecule has 12 heteroatoms. The van der Waals surface area contributed by atoms with Gasteiger partial charge in [-0.25, -0.2) is 9.78 Å². The van der Waals surface area contributed by atoms with E-state index in [0.717, 1.165) is 16.2 Å². The summed E-state index contributed by atoms with van der Waals surface area (Å²) in [4.78, 5) is 46.2. The Hall–Kier alpha value is -3.04. The number of nitrogens with two attached hydrogens (primary N) is 1. The third kappa shape index (κ3) is 3.60. The molecule has 1 fully saturated rings. The summed E-state index contributed by atoms with van der Waals surface area (Å²) in [6.45, 7) is -0.155. The van der Waals surface area contributed by atoms with Crippen LogP contribution >= 0.6 is 23.1 Å². The van der Waals surface area contributed by atoms with Gasteiger partial charge in [-0.15, -0.1) is 29.5 Å². The van der Waals surface area contributed by atoms with Crippen molar-refractivity contribution in [1.29, 1.82) is 0 Å². The number of thioether (sulfide) groups is 1. The first kappa shape index (κ1) is 18.7. The van der Waals surface area contributed by atoms with E-state index >= 15 is 0 Å². The molecular formula is C15H13N5O5S2. The van der Waals surface area contributed by atoms with Crippen molar-refractivity contribution >= 4 is 51.7 Å². The molecule has 140 valence electrons. The molecule has 10 nitrogen and oxygen atoms in total. The van der Waals surface area contributed by atoms with Crippen molar-refractivity contribution in [3.63, 3.8) is 0 Å². The van der Waals surface area contributed by atoms with Crippen LogP contribution in [-0.4, -0.2) is 62.3 Å². The maximum atomic E-state index is 12.6. The van der Waals surface area contributed by atoms with Gasteiger partial charge in [0.2, 0.25) is 0 Å². The number of terminal acetylenes is 1. The summed E-state index contributed by atoms with van der Waals surface area (Å²) in [6.07, 6.45) is 6.55. The van der Waals surface area contributed by atoms with Crippen molar-refractivity contribution in [2.75, 3.05) is 18.1 Å². The van der Waals surface area contributed by atoms with Gasteiger partial charge in [-0.1, -0.05) is 11.1 Å². The Bertz CT molecular complexity index is 903. The highest BCUT2D eigenvalue weighted by molar-refractivity contribution is 8.00. The number of thiazole rings is 1. The highest BCUT2D eigenvalue weighted by atomic mass is 32.2. The molecule has 0 aromatic carbocycles. The summed E-state index contributed by atoms with van der Waals surface area (Å²) in [6, 6.07) is -0.889. The fourth-order valence-electron chi connectivity index (χ4n) is 2.48. The number of aromatic nitrogens is 1. The molecule has 2 aliphatic heterocycles. The average molecular weight is 407 g/mol. The largest absolute Gasteiger partial charge is 0.477 e. The fourth-order valence-corrected chi connectivity index (χ4v) is 4.23. The van der Waals surface area contributed by atoms with Crippen LogP contribution in [0.25, 0.3) is 0 Å². The van der Waals surface area contributed by atoms with E-state index < -0.39 is 29.2 Å². The van der Waals surface area contributed by atoms with E-state index in [1.54, 1.807) is 0 Å². The summed E-state index contributed by atoms with van der Waals surface area (Å²) < 4.78 is 0. The number of amides is 2. The molecule has 3 rings (SSSR count). The number of nitrogen functional groups attached to an aromatic ring is 1. The Morgan fingerprint density at radius 1 is 1.59 bits per heavy atom. The molecule has 2 amide bonds. The van der Waals surface area contributed by atoms with Crippen LogP contribution in [-0.2, 0) is 19.2 Å². The van der Waals surface area contributed by atoms with E-state index in [1.807, 2.05) is 0 Å². The Balaban J connectivity index is 1.76. The number of fused-ring (bicyclic) bond motifs is 1. The number of carboxylic acid groups (broad SMARTS) is 1. The molecule has 0 radical (unpaired) electrons. The second-order valence-corrected chi connectivity index (χ2v) is 7.31. The highest BCUT2D eigenvalue weighted by Crippen LogP contribution is 2.37. The van der Waals surface area contributed by atoms with E-state index in [2.05, 4.69) is 21.4 Å². The maximum absolute atomic E-state index is 12.6. The molecule has 1 aromatic heterocycles. The van der Waals surface area contributed by atoms with Gasteiger partial charge >= 0.3 is 5.97 Å². The number of carboxylic acids is 1. The topological polar surface area (TPSA) is 147 Å². The van der Waals surface area contributed by atoms with Crippen LogP contribution < -0.4 is 11.1 Å². The van der Waals surface area contributed by atoms with Gasteiger partial charge in [0.15, 0.2) is 17.5 Å². The first-order valence-corrected chi connectivity index (χ1v) is 9.40. The van der Waals surface area contributed by atoms with Crippen molar-refractivity contribution in [3.05, 3.63) is 22.8 Å². The lowest BCUT2D eigenvalue weighted by Crippen LogP contribution is -2.70. The van der Waals surface area contributed by atoms with Gasteiger partial charge in [-0.05, 0) is 6.08 Å². The number of aliphatic carboxylic acids is 1. The SMILES string of the molecule is C#CCON=C(C(=O)NC1C(=O)N2C(C(=O)O)=CCS[C@@H]12)c1csc(N)n1. The molecule has 1 aromatic rings. The smallest absolute Gasteiger partial charge is 0.352 e. The molecule has 0 bridgehead atoms. The summed E-state index contributed by atoms with van der Waals surface area (Å²) in [7, 11) is 0. The molecule has 4 N–H and O–H groups in total. The molecule has 0 aliphatic carbocycles. The lowest BCUT2D eigenvalue weighted by atomic mass is 10.0. The molecular weight excluding hydrogens is 394 g/mol. The zero-order valence-electron chi connectivity index (χ0n) is 13.6. The molecule has 2 atom stereocenters. The Morgan fingerprint density at radius 2 is 2.37 bits per heavy atom. The molecule has 0 saturated carbocycles. The first-order chi connectivity index (χ1) is 12.9. The minimum Gasteiger partial charge on any atom is -0.477 e. The zero-order valence-corrected chi connectivity index (χ0v) is 15.2. The minimum absolute atomic E-state index is 0.0900. The van der Waals surface area contributed by atoms with E-state index in [1.165, 1.54) is 23.2 Å². The van der Waals surface area contributed by atoms with Gasteiger partial charge in [0.1, 0.15) is 22.8 Å². The van der Waals surface area contributed by atoms with Gasteiger partial charge in [0.05, 0.1) is 0 Å². The van der Waals surface area contributed by atoms with Gasteiger partial charge in [-0.3, -0.25) is 14.5 Å². The normalized spacial score (nSPS) is 21.4. The maximum Gasteiger partial charge on any atom is 0.352 e. The quantitative estimate of drug-likeness (QED) is 0.187. The lowest BCUT2D eigenvalue weighted by molar-refractivity contribution is -0.150. The van der Waals surface area contributed by atoms with Crippen molar-refractivity contribution < 1.29 is 24.3 Å². The summed E-state index contributed by atoms with van der Waals surface area (Å²) >= 11 is 2.45. The number of nitrogens with zero attached hydrogens (tertiary/aromatic N) is 3. The molecule has 1 saturated heterocycles. The summed E-state index contributed by atoms with van der Waals surface area (Å²) in [5.41, 5.74) is 5.49. The zero-order chi connectivity index (χ0) is 19.6. The van der Waals surface area contributed by atoms with Crippen LogP contribution in [0, 0.1) is 12.3 Å².